The molecular weight excluding hydrogens is 479 g/mol. The summed E-state index contributed by atoms with van der Waals surface area (Å²) < 4.78 is 11.0. The van der Waals surface area contributed by atoms with E-state index >= 15 is 0 Å². The number of methoxy groups -OCH3 is 1. The van der Waals surface area contributed by atoms with Crippen LogP contribution in [0.3, 0.4) is 0 Å². The van der Waals surface area contributed by atoms with Gasteiger partial charge in [0.1, 0.15) is 5.75 Å². The molecule has 4 rings (SSSR count). The van der Waals surface area contributed by atoms with Gasteiger partial charge in [-0.3, -0.25) is 4.79 Å². The number of carboxylic acids is 1. The third-order valence-corrected chi connectivity index (χ3v) is 5.24. The van der Waals surface area contributed by atoms with Crippen LogP contribution in [0.4, 0.5) is 11.6 Å². The summed E-state index contributed by atoms with van der Waals surface area (Å²) in [5, 5.41) is 12.7. The normalized spacial score (nSPS) is 10.6. The van der Waals surface area contributed by atoms with E-state index in [-0.39, 0.29) is 24.1 Å². The number of carbonyl (C=O) groups is 1. The molecule has 4 aromatic rings. The first-order chi connectivity index (χ1) is 16.4. The fourth-order valence-corrected chi connectivity index (χ4v) is 3.48. The molecule has 0 bridgehead atoms. The van der Waals surface area contributed by atoms with Crippen LogP contribution >= 0.6 is 23.2 Å². The van der Waals surface area contributed by atoms with Gasteiger partial charge in [0.2, 0.25) is 5.95 Å². The number of para-hydroxylation sites is 1. The number of hydrogen-bond acceptors (Lipinski definition) is 7. The van der Waals surface area contributed by atoms with Crippen molar-refractivity contribution in [3.63, 3.8) is 0 Å². The monoisotopic (exact) mass is 496 g/mol. The molecule has 0 aliphatic rings. The topological polar surface area (TPSA) is 106 Å². The van der Waals surface area contributed by atoms with Crippen LogP contribution in [0.15, 0.2) is 66.7 Å². The van der Waals surface area contributed by atoms with Crippen LogP contribution < -0.4 is 14.8 Å². The van der Waals surface area contributed by atoms with Crippen molar-refractivity contribution in [2.45, 2.75) is 6.42 Å². The lowest BCUT2D eigenvalue weighted by Crippen LogP contribution is -2.04. The van der Waals surface area contributed by atoms with E-state index in [2.05, 4.69) is 20.3 Å². The van der Waals surface area contributed by atoms with Crippen LogP contribution in [0, 0.1) is 0 Å². The Hall–Kier alpha value is -3.88. The largest absolute Gasteiger partial charge is 0.497 e. The SMILES string of the molecule is COc1ccc(-c2nc(Nc3ccc(CC(=O)O)cc3)nc(Oc3c(Cl)cccc3Cl)n2)cc1. The molecule has 172 valence electrons. The molecule has 0 aliphatic carbocycles. The zero-order chi connectivity index (χ0) is 24.1. The van der Waals surface area contributed by atoms with Crippen molar-refractivity contribution in [3.05, 3.63) is 82.3 Å². The quantitative estimate of drug-likeness (QED) is 0.305. The van der Waals surface area contributed by atoms with Crippen molar-refractivity contribution in [2.24, 2.45) is 0 Å². The summed E-state index contributed by atoms with van der Waals surface area (Å²) >= 11 is 12.5. The fraction of sp³-hybridized carbons (Fsp3) is 0.0833. The van der Waals surface area contributed by atoms with Crippen LogP contribution in [0.25, 0.3) is 11.4 Å². The van der Waals surface area contributed by atoms with E-state index in [0.29, 0.717) is 38.4 Å². The molecule has 10 heteroatoms. The summed E-state index contributed by atoms with van der Waals surface area (Å²) in [7, 11) is 1.58. The fourth-order valence-electron chi connectivity index (χ4n) is 3.01. The first kappa shape index (κ1) is 23.3. The molecular formula is C24H18Cl2N4O4. The minimum absolute atomic E-state index is 0.0131. The van der Waals surface area contributed by atoms with Gasteiger partial charge in [0.15, 0.2) is 11.6 Å². The van der Waals surface area contributed by atoms with Crippen LogP contribution in [-0.4, -0.2) is 33.1 Å². The number of hydrogen-bond donors (Lipinski definition) is 2. The summed E-state index contributed by atoms with van der Waals surface area (Å²) in [6.45, 7) is 0. The van der Waals surface area contributed by atoms with Crippen molar-refractivity contribution < 1.29 is 19.4 Å². The predicted octanol–water partition coefficient (Wildman–Crippen LogP) is 6.02. The highest BCUT2D eigenvalue weighted by Crippen LogP contribution is 2.35. The summed E-state index contributed by atoms with van der Waals surface area (Å²) in [6, 6.07) is 19.1. The number of aliphatic carboxylic acids is 1. The highest BCUT2D eigenvalue weighted by atomic mass is 35.5. The number of rotatable bonds is 8. The Labute approximate surface area is 205 Å². The third kappa shape index (κ3) is 5.72. The Kier molecular flexibility index (Phi) is 7.10. The minimum Gasteiger partial charge on any atom is -0.497 e. The van der Waals surface area contributed by atoms with Crippen molar-refractivity contribution in [3.8, 4) is 28.9 Å². The van der Waals surface area contributed by atoms with E-state index in [4.69, 9.17) is 37.8 Å². The van der Waals surface area contributed by atoms with Crippen LogP contribution in [0.5, 0.6) is 17.5 Å². The van der Waals surface area contributed by atoms with Crippen molar-refractivity contribution >= 4 is 40.8 Å². The molecule has 2 N–H and O–H groups in total. The van der Waals surface area contributed by atoms with Gasteiger partial charge in [-0.1, -0.05) is 41.4 Å². The third-order valence-electron chi connectivity index (χ3n) is 4.64. The first-order valence-electron chi connectivity index (χ1n) is 10.0. The molecule has 0 saturated heterocycles. The molecule has 0 aliphatic heterocycles. The Bertz CT molecular complexity index is 1300. The summed E-state index contributed by atoms with van der Waals surface area (Å²) in [5.74, 6) is 0.576. The summed E-state index contributed by atoms with van der Waals surface area (Å²) in [4.78, 5) is 24.2. The van der Waals surface area contributed by atoms with E-state index in [1.807, 2.05) is 12.1 Å². The van der Waals surface area contributed by atoms with Crippen LogP contribution in [0.1, 0.15) is 5.56 Å². The standard InChI is InChI=1S/C24H18Cl2N4O4/c1-33-17-11-7-15(8-12-17)22-28-23(27-16-9-5-14(6-10-16)13-20(31)32)30-24(29-22)34-21-18(25)3-2-4-19(21)26/h2-12H,13H2,1H3,(H,31,32)(H,27,28,29,30). The Morgan fingerprint density at radius 1 is 0.941 bits per heavy atom. The first-order valence-corrected chi connectivity index (χ1v) is 10.8. The van der Waals surface area contributed by atoms with E-state index < -0.39 is 5.97 Å². The van der Waals surface area contributed by atoms with E-state index in [1.54, 1.807) is 61.7 Å². The molecule has 0 fully saturated rings. The smallest absolute Gasteiger partial charge is 0.327 e. The lowest BCUT2D eigenvalue weighted by molar-refractivity contribution is -0.136. The number of halogens is 2. The second kappa shape index (κ2) is 10.4. The number of nitrogens with zero attached hydrogens (tertiary/aromatic N) is 3. The number of carboxylic acid groups (broad SMARTS) is 1. The molecule has 1 aromatic heterocycles. The van der Waals surface area contributed by atoms with E-state index in [9.17, 15) is 4.79 Å². The average Bonchev–Trinajstić information content (AvgIpc) is 2.82. The molecule has 0 spiro atoms. The Morgan fingerprint density at radius 3 is 2.24 bits per heavy atom. The summed E-state index contributed by atoms with van der Waals surface area (Å²) in [5.41, 5.74) is 2.03. The van der Waals surface area contributed by atoms with Gasteiger partial charge in [-0.25, -0.2) is 0 Å². The maximum absolute atomic E-state index is 10.9. The van der Waals surface area contributed by atoms with Gasteiger partial charge in [-0.15, -0.1) is 0 Å². The van der Waals surface area contributed by atoms with Gasteiger partial charge in [0.25, 0.3) is 0 Å². The molecule has 8 nitrogen and oxygen atoms in total. The molecule has 0 atom stereocenters. The molecule has 1 heterocycles. The van der Waals surface area contributed by atoms with Gasteiger partial charge in [0.05, 0.1) is 23.6 Å². The van der Waals surface area contributed by atoms with Gasteiger partial charge < -0.3 is 19.9 Å². The highest BCUT2D eigenvalue weighted by Gasteiger charge is 2.15. The second-order valence-electron chi connectivity index (χ2n) is 7.04. The highest BCUT2D eigenvalue weighted by molar-refractivity contribution is 6.37. The summed E-state index contributed by atoms with van der Waals surface area (Å²) in [6.07, 6.45) is -0.0652. The molecule has 0 radical (unpaired) electrons. The second-order valence-corrected chi connectivity index (χ2v) is 7.85. The molecule has 0 unspecified atom stereocenters. The zero-order valence-electron chi connectivity index (χ0n) is 17.8. The Morgan fingerprint density at radius 2 is 1.62 bits per heavy atom. The van der Waals surface area contributed by atoms with Gasteiger partial charge in [0, 0.05) is 11.3 Å². The number of ether oxygens (including phenoxy) is 2. The molecule has 3 aromatic carbocycles. The zero-order valence-corrected chi connectivity index (χ0v) is 19.3. The van der Waals surface area contributed by atoms with E-state index in [1.165, 1.54) is 0 Å². The predicted molar refractivity (Wildman–Crippen MR) is 129 cm³/mol. The van der Waals surface area contributed by atoms with Gasteiger partial charge >= 0.3 is 12.0 Å². The molecule has 0 saturated carbocycles. The van der Waals surface area contributed by atoms with Gasteiger partial charge in [-0.2, -0.15) is 15.0 Å². The molecule has 34 heavy (non-hydrogen) atoms. The van der Waals surface area contributed by atoms with Gasteiger partial charge in [-0.05, 0) is 54.1 Å². The maximum Gasteiger partial charge on any atom is 0.327 e. The lowest BCUT2D eigenvalue weighted by atomic mass is 10.1. The van der Waals surface area contributed by atoms with Crippen LogP contribution in [-0.2, 0) is 11.2 Å². The van der Waals surface area contributed by atoms with Crippen molar-refractivity contribution in [1.82, 2.24) is 15.0 Å². The lowest BCUT2D eigenvalue weighted by Gasteiger charge is -2.12. The number of benzene rings is 3. The van der Waals surface area contributed by atoms with Crippen molar-refractivity contribution in [2.75, 3.05) is 12.4 Å². The maximum atomic E-state index is 10.9. The number of aromatic nitrogens is 3. The van der Waals surface area contributed by atoms with Crippen molar-refractivity contribution in [1.29, 1.82) is 0 Å². The molecule has 0 amide bonds. The number of anilines is 2. The number of nitrogens with one attached hydrogen (secondary N) is 1. The Balaban J connectivity index is 1.69. The van der Waals surface area contributed by atoms with Crippen LogP contribution in [0.2, 0.25) is 10.0 Å². The average molecular weight is 497 g/mol. The minimum atomic E-state index is -0.901. The van der Waals surface area contributed by atoms with E-state index in [0.717, 1.165) is 0 Å².